The van der Waals surface area contributed by atoms with Crippen LogP contribution in [0.5, 0.6) is 0 Å². The molecule has 2 heterocycles. The van der Waals surface area contributed by atoms with Crippen molar-refractivity contribution in [2.24, 2.45) is 18.0 Å². The van der Waals surface area contributed by atoms with E-state index < -0.39 is 0 Å². The fraction of sp³-hybridized carbons (Fsp3) is 0.522. The highest BCUT2D eigenvalue weighted by Gasteiger charge is 2.25. The Morgan fingerprint density at radius 2 is 1.93 bits per heavy atom. The van der Waals surface area contributed by atoms with Gasteiger partial charge in [-0.25, -0.2) is 9.79 Å². The van der Waals surface area contributed by atoms with Crippen LogP contribution in [0.25, 0.3) is 0 Å². The topological polar surface area (TPSA) is 76.6 Å². The first kappa shape index (κ1) is 22.5. The fourth-order valence-corrected chi connectivity index (χ4v) is 4.26. The predicted octanol–water partition coefficient (Wildman–Crippen LogP) is 3.65. The zero-order valence-electron chi connectivity index (χ0n) is 17.7. The molecule has 2 aromatic rings. The molecular formula is C23H30ClN3O3. The maximum Gasteiger partial charge on any atom is 0.332 e. The number of aliphatic hydroxyl groups excluding tert-OH is 1. The molecular weight excluding hydrogens is 402 g/mol. The lowest BCUT2D eigenvalue weighted by molar-refractivity contribution is 0.277. The van der Waals surface area contributed by atoms with Gasteiger partial charge in [-0.2, -0.15) is 0 Å². The van der Waals surface area contributed by atoms with Gasteiger partial charge in [0.25, 0.3) is 5.56 Å². The molecule has 0 aliphatic carbocycles. The van der Waals surface area contributed by atoms with Crippen LogP contribution in [0.1, 0.15) is 50.2 Å². The molecule has 1 aliphatic rings. The summed E-state index contributed by atoms with van der Waals surface area (Å²) in [4.78, 5) is 30.6. The standard InChI is InChI=1S/C23H30ClN3O3/c1-3-5-20-17(9-6-16-7-11-18(24)12-8-16)10-13-19-21(25-20)26(2)23(30)27(22(19)29)14-4-15-28/h7-8,11-12,17,28H,3-6,9-10,13-15H2,1-2H3. The number of hydrogen-bond acceptors (Lipinski definition) is 4. The van der Waals surface area contributed by atoms with E-state index in [4.69, 9.17) is 21.7 Å². The van der Waals surface area contributed by atoms with E-state index in [-0.39, 0.29) is 30.3 Å². The summed E-state index contributed by atoms with van der Waals surface area (Å²) < 4.78 is 2.73. The van der Waals surface area contributed by atoms with Crippen LogP contribution in [0.4, 0.5) is 5.82 Å². The Bertz CT molecular complexity index is 1020. The number of aryl methyl sites for hydroxylation is 1. The van der Waals surface area contributed by atoms with Crippen molar-refractivity contribution in [3.05, 3.63) is 61.3 Å². The van der Waals surface area contributed by atoms with Gasteiger partial charge in [0, 0.05) is 30.9 Å². The predicted molar refractivity (Wildman–Crippen MR) is 121 cm³/mol. The van der Waals surface area contributed by atoms with E-state index in [1.165, 1.54) is 14.7 Å². The molecule has 7 heteroatoms. The number of rotatable bonds is 8. The van der Waals surface area contributed by atoms with Gasteiger partial charge in [0.15, 0.2) is 0 Å². The van der Waals surface area contributed by atoms with Gasteiger partial charge in [-0.15, -0.1) is 0 Å². The molecule has 1 aliphatic heterocycles. The number of aromatic nitrogens is 2. The number of benzene rings is 1. The molecule has 0 fully saturated rings. The number of halogens is 1. The second-order valence-electron chi connectivity index (χ2n) is 7.93. The van der Waals surface area contributed by atoms with Gasteiger partial charge in [0.2, 0.25) is 0 Å². The Kier molecular flexibility index (Phi) is 7.67. The Morgan fingerprint density at radius 1 is 1.20 bits per heavy atom. The zero-order chi connectivity index (χ0) is 21.7. The van der Waals surface area contributed by atoms with Crippen LogP contribution in [-0.4, -0.2) is 26.6 Å². The van der Waals surface area contributed by atoms with Gasteiger partial charge < -0.3 is 5.11 Å². The van der Waals surface area contributed by atoms with Crippen molar-refractivity contribution in [1.29, 1.82) is 0 Å². The van der Waals surface area contributed by atoms with Crippen LogP contribution in [-0.2, 0) is 26.4 Å². The first-order valence-corrected chi connectivity index (χ1v) is 11.1. The largest absolute Gasteiger partial charge is 0.396 e. The van der Waals surface area contributed by atoms with Crippen LogP contribution in [0.3, 0.4) is 0 Å². The molecule has 3 rings (SSSR count). The van der Waals surface area contributed by atoms with E-state index >= 15 is 0 Å². The summed E-state index contributed by atoms with van der Waals surface area (Å²) in [5, 5.41) is 9.84. The van der Waals surface area contributed by atoms with Crippen LogP contribution < -0.4 is 11.2 Å². The Balaban J connectivity index is 1.93. The molecule has 1 aromatic carbocycles. The van der Waals surface area contributed by atoms with Gasteiger partial charge >= 0.3 is 5.69 Å². The van der Waals surface area contributed by atoms with Gasteiger partial charge in [0.1, 0.15) is 5.82 Å². The summed E-state index contributed by atoms with van der Waals surface area (Å²) in [5.74, 6) is 0.774. The summed E-state index contributed by atoms with van der Waals surface area (Å²) in [6.07, 6.45) is 5.50. The molecule has 0 bridgehead atoms. The Labute approximate surface area is 181 Å². The number of aliphatic hydroxyl groups is 1. The van der Waals surface area contributed by atoms with Crippen molar-refractivity contribution in [3.8, 4) is 0 Å². The Hall–Kier alpha value is -2.18. The summed E-state index contributed by atoms with van der Waals surface area (Å²) >= 11 is 5.99. The lowest BCUT2D eigenvalue weighted by atomic mass is 9.88. The molecule has 0 amide bonds. The maximum atomic E-state index is 13.0. The van der Waals surface area contributed by atoms with Gasteiger partial charge in [0.05, 0.1) is 5.56 Å². The number of nitrogens with zero attached hydrogens (tertiary/aromatic N) is 3. The lowest BCUT2D eigenvalue weighted by Gasteiger charge is -2.17. The zero-order valence-corrected chi connectivity index (χ0v) is 18.5. The van der Waals surface area contributed by atoms with Crippen molar-refractivity contribution in [1.82, 2.24) is 9.13 Å². The summed E-state index contributed by atoms with van der Waals surface area (Å²) in [7, 11) is 1.68. The average molecular weight is 432 g/mol. The minimum atomic E-state index is -0.369. The second-order valence-corrected chi connectivity index (χ2v) is 8.37. The van der Waals surface area contributed by atoms with Crippen molar-refractivity contribution in [2.45, 2.75) is 58.4 Å². The lowest BCUT2D eigenvalue weighted by Crippen LogP contribution is -2.41. The minimum Gasteiger partial charge on any atom is -0.396 e. The molecule has 30 heavy (non-hydrogen) atoms. The quantitative estimate of drug-likeness (QED) is 0.693. The molecule has 0 radical (unpaired) electrons. The van der Waals surface area contributed by atoms with E-state index in [1.54, 1.807) is 7.05 Å². The van der Waals surface area contributed by atoms with Crippen LogP contribution in [0.2, 0.25) is 5.02 Å². The monoisotopic (exact) mass is 431 g/mol. The maximum absolute atomic E-state index is 13.0. The third kappa shape index (κ3) is 4.93. The molecule has 0 saturated heterocycles. The third-order valence-electron chi connectivity index (χ3n) is 5.81. The molecule has 1 aromatic heterocycles. The smallest absolute Gasteiger partial charge is 0.332 e. The van der Waals surface area contributed by atoms with Crippen LogP contribution in [0, 0.1) is 5.92 Å². The van der Waals surface area contributed by atoms with E-state index in [1.807, 2.05) is 24.3 Å². The molecule has 6 nitrogen and oxygen atoms in total. The SMILES string of the molecule is CCCC1=Nc2c(c(=O)n(CCCO)c(=O)n2C)CCC1CCc1ccc(Cl)cc1. The van der Waals surface area contributed by atoms with Crippen molar-refractivity contribution in [3.63, 3.8) is 0 Å². The normalized spacial score (nSPS) is 16.1. The molecule has 0 spiro atoms. The summed E-state index contributed by atoms with van der Waals surface area (Å²) in [5.41, 5.74) is 2.28. The first-order chi connectivity index (χ1) is 14.5. The first-order valence-electron chi connectivity index (χ1n) is 10.7. The van der Waals surface area contributed by atoms with Crippen molar-refractivity contribution in [2.75, 3.05) is 6.61 Å². The highest BCUT2D eigenvalue weighted by atomic mass is 35.5. The summed E-state index contributed by atoms with van der Waals surface area (Å²) in [6.45, 7) is 2.29. The molecule has 162 valence electrons. The summed E-state index contributed by atoms with van der Waals surface area (Å²) in [6, 6.07) is 7.92. The average Bonchev–Trinajstić information content (AvgIpc) is 2.92. The van der Waals surface area contributed by atoms with Gasteiger partial charge in [-0.05, 0) is 62.1 Å². The number of aliphatic imine (C=N–C) groups is 1. The van der Waals surface area contributed by atoms with E-state index in [9.17, 15) is 9.59 Å². The Morgan fingerprint density at radius 3 is 2.60 bits per heavy atom. The highest BCUT2D eigenvalue weighted by Crippen LogP contribution is 2.28. The molecule has 1 unspecified atom stereocenters. The van der Waals surface area contributed by atoms with Crippen molar-refractivity contribution < 1.29 is 5.11 Å². The molecule has 1 N–H and O–H groups in total. The fourth-order valence-electron chi connectivity index (χ4n) is 4.14. The minimum absolute atomic E-state index is 0.0573. The highest BCUT2D eigenvalue weighted by molar-refractivity contribution is 6.30. The second kappa shape index (κ2) is 10.2. The van der Waals surface area contributed by atoms with Crippen LogP contribution >= 0.6 is 11.6 Å². The number of fused-ring (bicyclic) bond motifs is 1. The van der Waals surface area contributed by atoms with E-state index in [0.717, 1.165) is 42.8 Å². The molecule has 1 atom stereocenters. The number of hydrogen-bond donors (Lipinski definition) is 1. The van der Waals surface area contributed by atoms with Crippen molar-refractivity contribution >= 4 is 23.1 Å². The third-order valence-corrected chi connectivity index (χ3v) is 6.07. The van der Waals surface area contributed by atoms with Gasteiger partial charge in [-0.1, -0.05) is 37.1 Å². The molecule has 0 saturated carbocycles. The van der Waals surface area contributed by atoms with Crippen LogP contribution in [0.15, 0.2) is 38.8 Å². The van der Waals surface area contributed by atoms with Gasteiger partial charge in [-0.3, -0.25) is 13.9 Å². The van der Waals surface area contributed by atoms with E-state index in [2.05, 4.69) is 6.92 Å². The van der Waals surface area contributed by atoms with E-state index in [0.29, 0.717) is 24.2 Å².